The molecule has 3 aromatic rings. The van der Waals surface area contributed by atoms with E-state index in [1.165, 1.54) is 22.9 Å². The average molecular weight is 394 g/mol. The molecule has 0 radical (unpaired) electrons. The van der Waals surface area contributed by atoms with Gasteiger partial charge in [-0.05, 0) is 49.4 Å². The molecule has 5 nitrogen and oxygen atoms in total. The zero-order valence-electron chi connectivity index (χ0n) is 15.9. The monoisotopic (exact) mass is 393 g/mol. The third-order valence-electron chi connectivity index (χ3n) is 5.18. The normalized spacial score (nSPS) is 16.0. The van der Waals surface area contributed by atoms with Crippen molar-refractivity contribution in [3.05, 3.63) is 70.0 Å². The number of carbonyl (C=O) groups is 1. The highest BCUT2D eigenvalue weighted by molar-refractivity contribution is 7.99. The van der Waals surface area contributed by atoms with E-state index < -0.39 is 0 Å². The van der Waals surface area contributed by atoms with Gasteiger partial charge in [-0.3, -0.25) is 14.2 Å². The molecule has 28 heavy (non-hydrogen) atoms. The SMILES string of the molecule is CCn1c(SCC(=O)NC2CCCc3ccccc32)nc2ccccc2c1=O. The third kappa shape index (κ3) is 3.69. The Morgan fingerprint density at radius 2 is 2.00 bits per heavy atom. The summed E-state index contributed by atoms with van der Waals surface area (Å²) >= 11 is 1.32. The predicted octanol–water partition coefficient (Wildman–Crippen LogP) is 3.70. The lowest BCUT2D eigenvalue weighted by atomic mass is 9.88. The van der Waals surface area contributed by atoms with E-state index in [9.17, 15) is 9.59 Å². The van der Waals surface area contributed by atoms with Crippen molar-refractivity contribution in [2.75, 3.05) is 5.75 Å². The number of hydrogen-bond acceptors (Lipinski definition) is 4. The molecular formula is C22H23N3O2S. The maximum absolute atomic E-state index is 12.7. The van der Waals surface area contributed by atoms with Crippen molar-refractivity contribution >= 4 is 28.6 Å². The van der Waals surface area contributed by atoms with E-state index in [1.54, 1.807) is 10.6 Å². The quantitative estimate of drug-likeness (QED) is 0.530. The molecule has 0 fully saturated rings. The molecule has 0 spiro atoms. The zero-order valence-corrected chi connectivity index (χ0v) is 16.7. The van der Waals surface area contributed by atoms with Crippen molar-refractivity contribution in [3.8, 4) is 0 Å². The van der Waals surface area contributed by atoms with Crippen LogP contribution in [-0.2, 0) is 17.8 Å². The van der Waals surface area contributed by atoms with E-state index in [1.807, 2.05) is 37.3 Å². The summed E-state index contributed by atoms with van der Waals surface area (Å²) in [5.74, 6) is 0.209. The molecule has 2 aromatic carbocycles. The van der Waals surface area contributed by atoms with Gasteiger partial charge in [0.05, 0.1) is 22.7 Å². The first-order chi connectivity index (χ1) is 13.7. The highest BCUT2D eigenvalue weighted by Crippen LogP contribution is 2.29. The summed E-state index contributed by atoms with van der Waals surface area (Å²) < 4.78 is 1.64. The molecule has 1 aliphatic carbocycles. The van der Waals surface area contributed by atoms with Crippen LogP contribution in [0.15, 0.2) is 58.5 Å². The molecule has 4 rings (SSSR count). The van der Waals surface area contributed by atoms with Gasteiger partial charge in [0.1, 0.15) is 0 Å². The van der Waals surface area contributed by atoms with E-state index in [2.05, 4.69) is 22.4 Å². The number of benzene rings is 2. The number of amides is 1. The lowest BCUT2D eigenvalue weighted by Gasteiger charge is -2.26. The Kier molecular flexibility index (Phi) is 5.48. The predicted molar refractivity (Wildman–Crippen MR) is 113 cm³/mol. The molecule has 144 valence electrons. The molecule has 0 bridgehead atoms. The lowest BCUT2D eigenvalue weighted by molar-refractivity contribution is -0.119. The van der Waals surface area contributed by atoms with Gasteiger partial charge >= 0.3 is 0 Å². The minimum absolute atomic E-state index is 0.0308. The van der Waals surface area contributed by atoms with Gasteiger partial charge in [0.2, 0.25) is 5.91 Å². The minimum atomic E-state index is -0.0581. The summed E-state index contributed by atoms with van der Waals surface area (Å²) in [5, 5.41) is 4.36. The Bertz CT molecular complexity index is 1080. The highest BCUT2D eigenvalue weighted by atomic mass is 32.2. The van der Waals surface area contributed by atoms with Crippen LogP contribution >= 0.6 is 11.8 Å². The fraction of sp³-hybridized carbons (Fsp3) is 0.318. The van der Waals surface area contributed by atoms with Crippen molar-refractivity contribution < 1.29 is 4.79 Å². The molecule has 0 saturated carbocycles. The molecule has 1 N–H and O–H groups in total. The lowest BCUT2D eigenvalue weighted by Crippen LogP contribution is -2.32. The van der Waals surface area contributed by atoms with Gasteiger partial charge in [-0.15, -0.1) is 0 Å². The van der Waals surface area contributed by atoms with Crippen LogP contribution in [0.25, 0.3) is 10.9 Å². The Morgan fingerprint density at radius 1 is 1.21 bits per heavy atom. The number of carbonyl (C=O) groups excluding carboxylic acids is 1. The van der Waals surface area contributed by atoms with E-state index in [4.69, 9.17) is 0 Å². The third-order valence-corrected chi connectivity index (χ3v) is 6.16. The molecule has 1 amide bonds. The molecular weight excluding hydrogens is 370 g/mol. The maximum Gasteiger partial charge on any atom is 0.262 e. The van der Waals surface area contributed by atoms with Crippen LogP contribution < -0.4 is 10.9 Å². The summed E-state index contributed by atoms with van der Waals surface area (Å²) in [6, 6.07) is 15.7. The fourth-order valence-electron chi connectivity index (χ4n) is 3.81. The largest absolute Gasteiger partial charge is 0.349 e. The van der Waals surface area contributed by atoms with E-state index in [-0.39, 0.29) is 23.3 Å². The summed E-state index contributed by atoms with van der Waals surface area (Å²) in [4.78, 5) is 29.9. The summed E-state index contributed by atoms with van der Waals surface area (Å²) in [7, 11) is 0. The first-order valence-corrected chi connectivity index (χ1v) is 10.7. The smallest absolute Gasteiger partial charge is 0.262 e. The maximum atomic E-state index is 12.7. The van der Waals surface area contributed by atoms with Crippen molar-refractivity contribution in [1.82, 2.24) is 14.9 Å². The van der Waals surface area contributed by atoms with Crippen molar-refractivity contribution in [1.29, 1.82) is 0 Å². The number of fused-ring (bicyclic) bond motifs is 2. The minimum Gasteiger partial charge on any atom is -0.349 e. The van der Waals surface area contributed by atoms with Crippen molar-refractivity contribution in [3.63, 3.8) is 0 Å². The molecule has 1 unspecified atom stereocenters. The second-order valence-corrected chi connectivity index (χ2v) is 7.90. The van der Waals surface area contributed by atoms with Crippen LogP contribution in [0.1, 0.15) is 36.9 Å². The molecule has 0 aliphatic heterocycles. The van der Waals surface area contributed by atoms with Crippen molar-refractivity contribution in [2.24, 2.45) is 0 Å². The Morgan fingerprint density at radius 3 is 2.86 bits per heavy atom. The number of thioether (sulfide) groups is 1. The van der Waals surface area contributed by atoms with Gasteiger partial charge in [0.25, 0.3) is 5.56 Å². The van der Waals surface area contributed by atoms with E-state index in [0.29, 0.717) is 22.6 Å². The highest BCUT2D eigenvalue weighted by Gasteiger charge is 2.21. The number of para-hydroxylation sites is 1. The number of nitrogens with one attached hydrogen (secondary N) is 1. The van der Waals surface area contributed by atoms with Crippen molar-refractivity contribution in [2.45, 2.75) is 43.9 Å². The molecule has 0 saturated heterocycles. The summed E-state index contributed by atoms with van der Waals surface area (Å²) in [6.07, 6.45) is 3.11. The topological polar surface area (TPSA) is 64.0 Å². The van der Waals surface area contributed by atoms with Crippen LogP contribution in [0, 0.1) is 0 Å². The van der Waals surface area contributed by atoms with Crippen LogP contribution in [0.2, 0.25) is 0 Å². The van der Waals surface area contributed by atoms with Gasteiger partial charge < -0.3 is 5.32 Å². The molecule has 1 aliphatic rings. The first-order valence-electron chi connectivity index (χ1n) is 9.67. The average Bonchev–Trinajstić information content (AvgIpc) is 2.73. The molecule has 6 heteroatoms. The number of aryl methyl sites for hydroxylation is 1. The Labute approximate surface area is 168 Å². The molecule has 1 aromatic heterocycles. The van der Waals surface area contributed by atoms with Crippen LogP contribution in [0.3, 0.4) is 0 Å². The van der Waals surface area contributed by atoms with E-state index >= 15 is 0 Å². The van der Waals surface area contributed by atoms with Crippen LogP contribution in [0.5, 0.6) is 0 Å². The summed E-state index contributed by atoms with van der Waals surface area (Å²) in [6.45, 7) is 2.44. The van der Waals surface area contributed by atoms with Gasteiger partial charge in [-0.1, -0.05) is 48.2 Å². The number of aromatic nitrogens is 2. The second-order valence-electron chi connectivity index (χ2n) is 6.96. The fourth-order valence-corrected chi connectivity index (χ4v) is 4.68. The number of hydrogen-bond donors (Lipinski definition) is 1. The molecule has 1 atom stereocenters. The Balaban J connectivity index is 1.49. The number of nitrogens with zero attached hydrogens (tertiary/aromatic N) is 2. The second kappa shape index (κ2) is 8.19. The van der Waals surface area contributed by atoms with E-state index in [0.717, 1.165) is 19.3 Å². The standard InChI is InChI=1S/C22H23N3O2S/c1-2-25-21(27)17-11-5-6-12-19(17)24-22(25)28-14-20(26)23-18-13-7-9-15-8-3-4-10-16(15)18/h3-6,8,10-12,18H,2,7,9,13-14H2,1H3,(H,23,26). The van der Waals surface area contributed by atoms with Gasteiger partial charge in [-0.25, -0.2) is 4.98 Å². The molecule has 1 heterocycles. The van der Waals surface area contributed by atoms with Gasteiger partial charge in [0.15, 0.2) is 5.16 Å². The van der Waals surface area contributed by atoms with Gasteiger partial charge in [-0.2, -0.15) is 0 Å². The van der Waals surface area contributed by atoms with Crippen LogP contribution in [0.4, 0.5) is 0 Å². The van der Waals surface area contributed by atoms with Gasteiger partial charge in [0, 0.05) is 6.54 Å². The summed E-state index contributed by atoms with van der Waals surface area (Å²) in [5.41, 5.74) is 3.16. The zero-order chi connectivity index (χ0) is 19.5. The number of rotatable bonds is 5. The Hall–Kier alpha value is -2.60. The first kappa shape index (κ1) is 18.7. The van der Waals surface area contributed by atoms with Crippen LogP contribution in [-0.4, -0.2) is 21.2 Å².